The average molecular weight is 615 g/mol. The van der Waals surface area contributed by atoms with E-state index in [9.17, 15) is 39.0 Å². The summed E-state index contributed by atoms with van der Waals surface area (Å²) in [5.41, 5.74) is 11.9. The number of carboxylic acids is 2. The minimum atomic E-state index is -1.64. The zero-order chi connectivity index (χ0) is 31.8. The fourth-order valence-corrected chi connectivity index (χ4v) is 4.11. The summed E-state index contributed by atoms with van der Waals surface area (Å²) in [5.74, 6) is -6.29. The number of H-pyrrole nitrogens is 1. The summed E-state index contributed by atoms with van der Waals surface area (Å²) in [7, 11) is 0. The molecule has 17 heteroatoms. The fraction of sp³-hybridized carbons (Fsp3) is 0.640. The van der Waals surface area contributed by atoms with Gasteiger partial charge in [-0.05, 0) is 38.1 Å². The van der Waals surface area contributed by atoms with Gasteiger partial charge in [0.2, 0.25) is 23.6 Å². The van der Waals surface area contributed by atoms with Crippen LogP contribution in [0.15, 0.2) is 12.5 Å². The van der Waals surface area contributed by atoms with E-state index in [-0.39, 0.29) is 30.9 Å². The third-order valence-electron chi connectivity index (χ3n) is 6.05. The van der Waals surface area contributed by atoms with Crippen LogP contribution in [0.2, 0.25) is 0 Å². The highest BCUT2D eigenvalue weighted by molar-refractivity contribution is 7.80. The molecule has 1 aromatic rings. The Morgan fingerprint density at radius 1 is 0.905 bits per heavy atom. The molecule has 236 valence electrons. The molecule has 42 heavy (non-hydrogen) atoms. The number of hydrogen-bond acceptors (Lipinski definition) is 10. The standard InChI is InChI=1S/C25H42N8O8S/c1-13(2)7-18(25(40)41)32-22(37)16(5-3-4-6-26)30-23(38)17(9-20(34)35)31-24(39)19(11-42)33-21(36)15(27)8-14-10-28-12-29-14/h10,12-13,15-19,42H,3-9,11,26-27H2,1-2H3,(H,28,29)(H,30,38)(H,31,39)(H,32,37)(H,33,36)(H,34,35)(H,40,41)/t15-,16-,17-,18-,19-/m0/s1. The van der Waals surface area contributed by atoms with Crippen LogP contribution in [0, 0.1) is 5.92 Å². The number of carbonyl (C=O) groups excluding carboxylic acids is 4. The number of aromatic amines is 1. The van der Waals surface area contributed by atoms with Crippen LogP contribution in [-0.4, -0.2) is 98.3 Å². The van der Waals surface area contributed by atoms with Crippen molar-refractivity contribution in [2.45, 2.75) is 82.6 Å². The van der Waals surface area contributed by atoms with Crippen molar-refractivity contribution in [2.24, 2.45) is 17.4 Å². The Kier molecular flexibility index (Phi) is 16.2. The van der Waals surface area contributed by atoms with Crippen molar-refractivity contribution in [3.05, 3.63) is 18.2 Å². The van der Waals surface area contributed by atoms with E-state index in [1.165, 1.54) is 6.33 Å². The fourth-order valence-electron chi connectivity index (χ4n) is 3.85. The first-order valence-electron chi connectivity index (χ1n) is 13.5. The second-order valence-corrected chi connectivity index (χ2v) is 10.5. The number of nitrogens with two attached hydrogens (primary N) is 2. The first kappa shape index (κ1) is 36.3. The number of aliphatic carboxylic acids is 2. The number of nitrogens with zero attached hydrogens (tertiary/aromatic N) is 1. The topological polar surface area (TPSA) is 272 Å². The zero-order valence-corrected chi connectivity index (χ0v) is 24.6. The number of imidazole rings is 1. The van der Waals surface area contributed by atoms with Crippen molar-refractivity contribution >= 4 is 48.2 Å². The van der Waals surface area contributed by atoms with Gasteiger partial charge in [0.1, 0.15) is 24.2 Å². The molecule has 0 radical (unpaired) electrons. The molecule has 0 bridgehead atoms. The Balaban J connectivity index is 3.00. The number of aromatic nitrogens is 2. The molecule has 0 saturated heterocycles. The van der Waals surface area contributed by atoms with Gasteiger partial charge in [0.15, 0.2) is 0 Å². The summed E-state index contributed by atoms with van der Waals surface area (Å²) in [4.78, 5) is 81.4. The Morgan fingerprint density at radius 2 is 1.48 bits per heavy atom. The molecule has 1 heterocycles. The van der Waals surface area contributed by atoms with Gasteiger partial charge in [-0.2, -0.15) is 12.6 Å². The van der Waals surface area contributed by atoms with E-state index >= 15 is 0 Å². The SMILES string of the molecule is CC(C)C[C@H](NC(=O)[C@H](CCCCN)NC(=O)[C@H](CC(=O)O)NC(=O)[C@H](CS)NC(=O)[C@@H](N)Cc1c[nH]cn1)C(=O)O. The van der Waals surface area contributed by atoms with Crippen molar-refractivity contribution < 1.29 is 39.0 Å². The van der Waals surface area contributed by atoms with Crippen molar-refractivity contribution in [3.8, 4) is 0 Å². The lowest BCUT2D eigenvalue weighted by molar-refractivity contribution is -0.143. The van der Waals surface area contributed by atoms with Gasteiger partial charge in [-0.1, -0.05) is 13.8 Å². The van der Waals surface area contributed by atoms with Gasteiger partial charge in [0, 0.05) is 18.4 Å². The number of hydrogen-bond donors (Lipinski definition) is 10. The number of carboxylic acid groups (broad SMARTS) is 2. The van der Waals surface area contributed by atoms with Crippen molar-refractivity contribution in [1.29, 1.82) is 0 Å². The molecule has 1 aromatic heterocycles. The molecule has 11 N–H and O–H groups in total. The summed E-state index contributed by atoms with van der Waals surface area (Å²) in [6.45, 7) is 3.89. The van der Waals surface area contributed by atoms with E-state index in [0.29, 0.717) is 25.1 Å². The van der Waals surface area contributed by atoms with Crippen LogP contribution in [0.5, 0.6) is 0 Å². The minimum Gasteiger partial charge on any atom is -0.481 e. The number of nitrogens with one attached hydrogen (secondary N) is 5. The molecule has 0 spiro atoms. The van der Waals surface area contributed by atoms with Gasteiger partial charge in [0.25, 0.3) is 0 Å². The summed E-state index contributed by atoms with van der Waals surface area (Å²) in [6.07, 6.45) is 3.35. The van der Waals surface area contributed by atoms with Crippen LogP contribution < -0.4 is 32.7 Å². The molecule has 0 fully saturated rings. The predicted octanol–water partition coefficient (Wildman–Crippen LogP) is -2.12. The smallest absolute Gasteiger partial charge is 0.326 e. The van der Waals surface area contributed by atoms with E-state index in [1.807, 2.05) is 0 Å². The number of amides is 4. The number of rotatable bonds is 20. The number of thiol groups is 1. The third-order valence-corrected chi connectivity index (χ3v) is 6.41. The molecule has 1 rings (SSSR count). The zero-order valence-electron chi connectivity index (χ0n) is 23.7. The second kappa shape index (κ2) is 18.7. The van der Waals surface area contributed by atoms with Crippen LogP contribution in [0.1, 0.15) is 51.6 Å². The lowest BCUT2D eigenvalue weighted by Crippen LogP contribution is -2.59. The molecule has 5 atom stereocenters. The molecule has 4 amide bonds. The highest BCUT2D eigenvalue weighted by atomic mass is 32.1. The molecular weight excluding hydrogens is 572 g/mol. The third kappa shape index (κ3) is 13.3. The quantitative estimate of drug-likeness (QED) is 0.0560. The van der Waals surface area contributed by atoms with Gasteiger partial charge in [0.05, 0.1) is 24.5 Å². The van der Waals surface area contributed by atoms with Crippen LogP contribution in [0.25, 0.3) is 0 Å². The highest BCUT2D eigenvalue weighted by Gasteiger charge is 2.32. The van der Waals surface area contributed by atoms with Crippen molar-refractivity contribution in [3.63, 3.8) is 0 Å². The van der Waals surface area contributed by atoms with E-state index < -0.39 is 72.2 Å². The normalized spacial score (nSPS) is 14.6. The minimum absolute atomic E-state index is 0.0491. The van der Waals surface area contributed by atoms with Crippen molar-refractivity contribution in [1.82, 2.24) is 31.2 Å². The van der Waals surface area contributed by atoms with Gasteiger partial charge >= 0.3 is 11.9 Å². The maximum atomic E-state index is 13.1. The molecule has 0 aromatic carbocycles. The molecule has 0 aliphatic rings. The Bertz CT molecular complexity index is 1060. The van der Waals surface area contributed by atoms with Gasteiger partial charge in [-0.15, -0.1) is 0 Å². The van der Waals surface area contributed by atoms with E-state index in [2.05, 4.69) is 43.9 Å². The summed E-state index contributed by atoms with van der Waals surface area (Å²) >= 11 is 4.07. The lowest BCUT2D eigenvalue weighted by Gasteiger charge is -2.26. The maximum absolute atomic E-state index is 13.1. The first-order chi connectivity index (χ1) is 19.8. The molecular formula is C25H42N8O8S. The van der Waals surface area contributed by atoms with Gasteiger partial charge in [-0.25, -0.2) is 9.78 Å². The molecule has 16 nitrogen and oxygen atoms in total. The molecule has 0 aliphatic heterocycles. The molecule has 0 aliphatic carbocycles. The van der Waals surface area contributed by atoms with Crippen LogP contribution >= 0.6 is 12.6 Å². The van der Waals surface area contributed by atoms with Gasteiger partial charge < -0.3 is 47.9 Å². The van der Waals surface area contributed by atoms with E-state index in [1.54, 1.807) is 20.0 Å². The van der Waals surface area contributed by atoms with E-state index in [4.69, 9.17) is 11.5 Å². The Labute approximate surface area is 248 Å². The van der Waals surface area contributed by atoms with Crippen LogP contribution in [0.4, 0.5) is 0 Å². The Hall–Kier alpha value is -3.70. The summed E-state index contributed by atoms with van der Waals surface area (Å²) in [5, 5.41) is 28.4. The van der Waals surface area contributed by atoms with Crippen molar-refractivity contribution in [2.75, 3.05) is 12.3 Å². The van der Waals surface area contributed by atoms with Crippen LogP contribution in [-0.2, 0) is 35.2 Å². The first-order valence-corrected chi connectivity index (χ1v) is 14.1. The summed E-state index contributed by atoms with van der Waals surface area (Å²) < 4.78 is 0. The van der Waals surface area contributed by atoms with Gasteiger partial charge in [-0.3, -0.25) is 24.0 Å². The van der Waals surface area contributed by atoms with Crippen LogP contribution in [0.3, 0.4) is 0 Å². The monoisotopic (exact) mass is 614 g/mol. The second-order valence-electron chi connectivity index (χ2n) is 10.1. The van der Waals surface area contributed by atoms with E-state index in [0.717, 1.165) is 0 Å². The average Bonchev–Trinajstić information content (AvgIpc) is 3.42. The lowest BCUT2D eigenvalue weighted by atomic mass is 10.0. The highest BCUT2D eigenvalue weighted by Crippen LogP contribution is 2.08. The summed E-state index contributed by atoms with van der Waals surface area (Å²) in [6, 6.07) is -6.40. The molecule has 0 saturated carbocycles. The Morgan fingerprint density at radius 3 is 2.00 bits per heavy atom. The number of carbonyl (C=O) groups is 6. The number of unbranched alkanes of at least 4 members (excludes halogenated alkanes) is 1. The molecule has 0 unspecified atom stereocenters. The maximum Gasteiger partial charge on any atom is 0.326 e. The predicted molar refractivity (Wildman–Crippen MR) is 154 cm³/mol. The largest absolute Gasteiger partial charge is 0.481 e.